The Morgan fingerprint density at radius 2 is 1.77 bits per heavy atom. The van der Waals surface area contributed by atoms with Crippen molar-refractivity contribution in [1.29, 1.82) is 0 Å². The number of rotatable bonds is 4. The molecule has 0 aliphatic rings. The van der Waals surface area contributed by atoms with Crippen LogP contribution < -0.4 is 4.74 Å². The first-order valence-corrected chi connectivity index (χ1v) is 9.04. The second-order valence-corrected chi connectivity index (χ2v) is 6.63. The molecular weight excluding hydrogens is 366 g/mol. The van der Waals surface area contributed by atoms with Gasteiger partial charge in [0.2, 0.25) is 5.78 Å². The number of imidazole rings is 1. The molecule has 6 heteroatoms. The molecule has 0 aliphatic carbocycles. The van der Waals surface area contributed by atoms with Gasteiger partial charge in [-0.3, -0.25) is 4.40 Å². The van der Waals surface area contributed by atoms with Crippen LogP contribution in [0.5, 0.6) is 5.75 Å². The fourth-order valence-electron chi connectivity index (χ4n) is 2.83. The van der Waals surface area contributed by atoms with Crippen molar-refractivity contribution in [2.75, 3.05) is 6.61 Å². The maximum Gasteiger partial charge on any atom is 0.212 e. The zero-order valence-corrected chi connectivity index (χ0v) is 15.6. The van der Waals surface area contributed by atoms with Gasteiger partial charge in [-0.05, 0) is 42.3 Å². The van der Waals surface area contributed by atoms with Gasteiger partial charge < -0.3 is 9.72 Å². The standard InChI is InChI=1S/C20H16ClN3OS/c1-2-25-16-9-5-13(6-10-16)17-11-22-20-23-18(12-24(20)19(17)26)14-3-7-15(21)8-4-14/h3-12H,2H2,1H3,(H,22,23). The van der Waals surface area contributed by atoms with Crippen LogP contribution in [0.4, 0.5) is 0 Å². The van der Waals surface area contributed by atoms with E-state index in [1.54, 1.807) is 6.20 Å². The van der Waals surface area contributed by atoms with Crippen LogP contribution in [0.1, 0.15) is 6.92 Å². The normalized spacial score (nSPS) is 11.0. The molecule has 4 nitrogen and oxygen atoms in total. The number of aromatic nitrogens is 3. The highest BCUT2D eigenvalue weighted by molar-refractivity contribution is 7.71. The van der Waals surface area contributed by atoms with Crippen molar-refractivity contribution >= 4 is 29.6 Å². The molecule has 4 aromatic rings. The summed E-state index contributed by atoms with van der Waals surface area (Å²) in [6.07, 6.45) is 3.77. The van der Waals surface area contributed by atoms with Crippen LogP contribution in [-0.2, 0) is 0 Å². The van der Waals surface area contributed by atoms with Gasteiger partial charge in [0, 0.05) is 23.0 Å². The largest absolute Gasteiger partial charge is 0.494 e. The second-order valence-electron chi connectivity index (χ2n) is 5.80. The van der Waals surface area contributed by atoms with Crippen molar-refractivity contribution in [1.82, 2.24) is 14.4 Å². The number of fused-ring (bicyclic) bond motifs is 1. The molecule has 0 unspecified atom stereocenters. The first-order valence-electron chi connectivity index (χ1n) is 8.25. The predicted molar refractivity (Wildman–Crippen MR) is 107 cm³/mol. The molecule has 1 N–H and O–H groups in total. The Bertz CT molecular complexity index is 1110. The molecule has 0 atom stereocenters. The Labute approximate surface area is 161 Å². The third kappa shape index (κ3) is 3.11. The van der Waals surface area contributed by atoms with E-state index in [1.165, 1.54) is 0 Å². The first kappa shape index (κ1) is 16.8. The van der Waals surface area contributed by atoms with Gasteiger partial charge in [0.1, 0.15) is 10.4 Å². The number of H-pyrrole nitrogens is 1. The Balaban J connectivity index is 1.77. The summed E-state index contributed by atoms with van der Waals surface area (Å²) in [6, 6.07) is 15.5. The summed E-state index contributed by atoms with van der Waals surface area (Å²) in [6.45, 7) is 2.61. The minimum absolute atomic E-state index is 0.645. The number of hydrogen-bond donors (Lipinski definition) is 1. The average molecular weight is 382 g/mol. The van der Waals surface area contributed by atoms with Crippen LogP contribution in [0.25, 0.3) is 28.2 Å². The van der Waals surface area contributed by atoms with Crippen molar-refractivity contribution in [2.24, 2.45) is 0 Å². The summed E-state index contributed by atoms with van der Waals surface area (Å²) in [4.78, 5) is 7.82. The molecule has 0 saturated heterocycles. The van der Waals surface area contributed by atoms with Crippen molar-refractivity contribution < 1.29 is 4.74 Å². The summed E-state index contributed by atoms with van der Waals surface area (Å²) in [5.41, 5.74) is 3.87. The van der Waals surface area contributed by atoms with Gasteiger partial charge in [-0.25, -0.2) is 4.98 Å². The highest BCUT2D eigenvalue weighted by Gasteiger charge is 2.09. The van der Waals surface area contributed by atoms with Gasteiger partial charge in [0.25, 0.3) is 0 Å². The third-order valence-electron chi connectivity index (χ3n) is 4.13. The van der Waals surface area contributed by atoms with E-state index in [0.717, 1.165) is 28.1 Å². The Kier molecular flexibility index (Phi) is 4.49. The van der Waals surface area contributed by atoms with Gasteiger partial charge in [-0.2, -0.15) is 0 Å². The maximum absolute atomic E-state index is 5.97. The van der Waals surface area contributed by atoms with Gasteiger partial charge in [0.05, 0.1) is 12.3 Å². The molecule has 2 aromatic heterocycles. The van der Waals surface area contributed by atoms with Crippen LogP contribution in [0.15, 0.2) is 60.9 Å². The number of nitrogens with zero attached hydrogens (tertiary/aromatic N) is 2. The fraction of sp³-hybridized carbons (Fsp3) is 0.100. The number of nitrogens with one attached hydrogen (secondary N) is 1. The van der Waals surface area contributed by atoms with E-state index in [1.807, 2.05) is 66.1 Å². The molecular formula is C20H16ClN3OS. The van der Waals surface area contributed by atoms with E-state index in [0.29, 0.717) is 22.0 Å². The van der Waals surface area contributed by atoms with E-state index in [4.69, 9.17) is 28.6 Å². The predicted octanol–water partition coefficient (Wildman–Crippen LogP) is 5.78. The summed E-state index contributed by atoms with van der Waals surface area (Å²) >= 11 is 11.7. The van der Waals surface area contributed by atoms with Crippen LogP contribution in [0, 0.1) is 4.64 Å². The zero-order chi connectivity index (χ0) is 18.1. The molecule has 130 valence electrons. The fourth-order valence-corrected chi connectivity index (χ4v) is 3.27. The minimum Gasteiger partial charge on any atom is -0.494 e. The molecule has 0 fully saturated rings. The quantitative estimate of drug-likeness (QED) is 0.456. The number of benzene rings is 2. The summed E-state index contributed by atoms with van der Waals surface area (Å²) in [5, 5.41) is 0.706. The van der Waals surface area contributed by atoms with Crippen LogP contribution >= 0.6 is 23.8 Å². The Hall–Kier alpha value is -2.63. The molecule has 0 bridgehead atoms. The van der Waals surface area contributed by atoms with Crippen molar-refractivity contribution in [3.05, 3.63) is 70.6 Å². The lowest BCUT2D eigenvalue weighted by atomic mass is 10.1. The van der Waals surface area contributed by atoms with Gasteiger partial charge in [0.15, 0.2) is 0 Å². The molecule has 26 heavy (non-hydrogen) atoms. The van der Waals surface area contributed by atoms with Crippen LogP contribution in [0.2, 0.25) is 5.02 Å². The maximum atomic E-state index is 5.97. The smallest absolute Gasteiger partial charge is 0.212 e. The second kappa shape index (κ2) is 6.94. The SMILES string of the molecule is CCOc1ccc(-c2cnc3[nH]c(-c4ccc(Cl)cc4)cn3c2=S)cc1. The third-order valence-corrected chi connectivity index (χ3v) is 4.80. The lowest BCUT2D eigenvalue weighted by Crippen LogP contribution is -1.93. The lowest BCUT2D eigenvalue weighted by molar-refractivity contribution is 0.340. The van der Waals surface area contributed by atoms with Crippen molar-refractivity contribution in [3.8, 4) is 28.1 Å². The molecule has 0 saturated carbocycles. The van der Waals surface area contributed by atoms with Gasteiger partial charge >= 0.3 is 0 Å². The number of hydrogen-bond acceptors (Lipinski definition) is 3. The van der Waals surface area contributed by atoms with Gasteiger partial charge in [-0.1, -0.05) is 48.1 Å². The number of halogens is 1. The Morgan fingerprint density at radius 3 is 2.46 bits per heavy atom. The molecule has 0 radical (unpaired) electrons. The summed E-state index contributed by atoms with van der Waals surface area (Å²) in [7, 11) is 0. The molecule has 4 rings (SSSR count). The van der Waals surface area contributed by atoms with E-state index >= 15 is 0 Å². The molecule has 2 aromatic carbocycles. The molecule has 2 heterocycles. The van der Waals surface area contributed by atoms with E-state index in [-0.39, 0.29) is 0 Å². The lowest BCUT2D eigenvalue weighted by Gasteiger charge is -2.06. The van der Waals surface area contributed by atoms with Crippen molar-refractivity contribution in [3.63, 3.8) is 0 Å². The Morgan fingerprint density at radius 1 is 1.08 bits per heavy atom. The first-order chi connectivity index (χ1) is 12.7. The summed E-state index contributed by atoms with van der Waals surface area (Å²) in [5.74, 6) is 1.55. The van der Waals surface area contributed by atoms with E-state index < -0.39 is 0 Å². The molecule has 0 amide bonds. The van der Waals surface area contributed by atoms with E-state index in [9.17, 15) is 0 Å². The highest BCUT2D eigenvalue weighted by Crippen LogP contribution is 2.26. The molecule has 0 aliphatic heterocycles. The highest BCUT2D eigenvalue weighted by atomic mass is 35.5. The zero-order valence-electron chi connectivity index (χ0n) is 14.1. The number of ether oxygens (including phenoxy) is 1. The van der Waals surface area contributed by atoms with E-state index in [2.05, 4.69) is 9.97 Å². The average Bonchev–Trinajstić information content (AvgIpc) is 3.09. The van der Waals surface area contributed by atoms with Crippen LogP contribution in [-0.4, -0.2) is 21.0 Å². The van der Waals surface area contributed by atoms with Crippen LogP contribution in [0.3, 0.4) is 0 Å². The van der Waals surface area contributed by atoms with Gasteiger partial charge in [-0.15, -0.1) is 0 Å². The van der Waals surface area contributed by atoms with Crippen molar-refractivity contribution in [2.45, 2.75) is 6.92 Å². The summed E-state index contributed by atoms with van der Waals surface area (Å²) < 4.78 is 8.09. The number of aromatic amines is 1. The topological polar surface area (TPSA) is 42.3 Å². The monoisotopic (exact) mass is 381 g/mol. The minimum atomic E-state index is 0.645. The molecule has 0 spiro atoms.